The van der Waals surface area contributed by atoms with E-state index in [0.29, 0.717) is 0 Å². The van der Waals surface area contributed by atoms with Crippen molar-refractivity contribution in [3.63, 3.8) is 0 Å². The highest BCUT2D eigenvalue weighted by Gasteiger charge is 2.14. The lowest BCUT2D eigenvalue weighted by Crippen LogP contribution is -2.26. The lowest BCUT2D eigenvalue weighted by molar-refractivity contribution is 0.0993. The first-order valence-electron chi connectivity index (χ1n) is 7.40. The molecule has 1 amide bonds. The van der Waals surface area contributed by atoms with Crippen molar-refractivity contribution < 1.29 is 4.79 Å². The minimum Gasteiger partial charge on any atom is -0.311 e. The minimum absolute atomic E-state index is 0.0124. The van der Waals surface area contributed by atoms with Crippen molar-refractivity contribution in [3.8, 4) is 0 Å². The molecule has 2 nitrogen and oxygen atoms in total. The van der Waals surface area contributed by atoms with Crippen LogP contribution in [0.5, 0.6) is 0 Å². The summed E-state index contributed by atoms with van der Waals surface area (Å²) in [5.74, 6) is 0.0124. The number of rotatable bonds is 2. The van der Waals surface area contributed by atoms with Crippen LogP contribution in [0, 0.1) is 13.8 Å². The first kappa shape index (κ1) is 14.3. The largest absolute Gasteiger partial charge is 0.311 e. The lowest BCUT2D eigenvalue weighted by Gasteiger charge is -2.18. The van der Waals surface area contributed by atoms with Crippen molar-refractivity contribution in [2.45, 2.75) is 13.8 Å². The molecule has 0 radical (unpaired) electrons. The summed E-state index contributed by atoms with van der Waals surface area (Å²) in [6, 6.07) is 20.1. The average molecular weight is 289 g/mol. The monoisotopic (exact) mass is 289 g/mol. The van der Waals surface area contributed by atoms with Gasteiger partial charge in [0.05, 0.1) is 0 Å². The molecule has 0 spiro atoms. The number of carbonyl (C=O) groups excluding carboxylic acids is 1. The van der Waals surface area contributed by atoms with Gasteiger partial charge < -0.3 is 4.90 Å². The number of nitrogens with zero attached hydrogens (tertiary/aromatic N) is 1. The third-order valence-electron chi connectivity index (χ3n) is 4.18. The summed E-state index contributed by atoms with van der Waals surface area (Å²) in [4.78, 5) is 14.4. The molecule has 0 saturated carbocycles. The molecule has 0 saturated heterocycles. The molecule has 3 aromatic carbocycles. The topological polar surface area (TPSA) is 20.3 Å². The fraction of sp³-hybridized carbons (Fsp3) is 0.150. The quantitative estimate of drug-likeness (QED) is 0.667. The number of benzene rings is 3. The Morgan fingerprint density at radius 1 is 0.818 bits per heavy atom. The van der Waals surface area contributed by atoms with Crippen molar-refractivity contribution in [2.75, 3.05) is 11.9 Å². The summed E-state index contributed by atoms with van der Waals surface area (Å²) in [6.45, 7) is 4.08. The maximum absolute atomic E-state index is 12.7. The number of fused-ring (bicyclic) bond motifs is 1. The van der Waals surface area contributed by atoms with E-state index in [1.807, 2.05) is 56.4 Å². The van der Waals surface area contributed by atoms with E-state index in [1.54, 1.807) is 4.90 Å². The van der Waals surface area contributed by atoms with Gasteiger partial charge in [0.25, 0.3) is 5.91 Å². The van der Waals surface area contributed by atoms with Gasteiger partial charge in [-0.1, -0.05) is 36.4 Å². The Balaban J connectivity index is 1.95. The number of amides is 1. The van der Waals surface area contributed by atoms with Crippen molar-refractivity contribution in [1.29, 1.82) is 0 Å². The number of hydrogen-bond acceptors (Lipinski definition) is 1. The summed E-state index contributed by atoms with van der Waals surface area (Å²) < 4.78 is 0. The van der Waals surface area contributed by atoms with Crippen LogP contribution < -0.4 is 4.90 Å². The van der Waals surface area contributed by atoms with Gasteiger partial charge in [0.2, 0.25) is 0 Å². The molecular formula is C20H19NO. The number of carbonyl (C=O) groups is 1. The van der Waals surface area contributed by atoms with Gasteiger partial charge in [-0.2, -0.15) is 0 Å². The molecule has 0 aliphatic heterocycles. The Morgan fingerprint density at radius 2 is 1.55 bits per heavy atom. The Labute approximate surface area is 131 Å². The number of aryl methyl sites for hydroxylation is 2. The van der Waals surface area contributed by atoms with Crippen LogP contribution in [0.1, 0.15) is 21.5 Å². The van der Waals surface area contributed by atoms with Crippen molar-refractivity contribution in [3.05, 3.63) is 77.4 Å². The fourth-order valence-electron chi connectivity index (χ4n) is 2.57. The van der Waals surface area contributed by atoms with Gasteiger partial charge in [-0.05, 0) is 60.0 Å². The summed E-state index contributed by atoms with van der Waals surface area (Å²) in [5.41, 5.74) is 3.96. The van der Waals surface area contributed by atoms with Gasteiger partial charge in [-0.3, -0.25) is 4.79 Å². The Hall–Kier alpha value is -2.61. The Morgan fingerprint density at radius 3 is 2.27 bits per heavy atom. The zero-order valence-corrected chi connectivity index (χ0v) is 13.1. The molecule has 0 aliphatic rings. The molecule has 0 unspecified atom stereocenters. The number of anilines is 1. The summed E-state index contributed by atoms with van der Waals surface area (Å²) in [6.07, 6.45) is 0. The molecule has 110 valence electrons. The second-order valence-electron chi connectivity index (χ2n) is 5.69. The summed E-state index contributed by atoms with van der Waals surface area (Å²) >= 11 is 0. The molecule has 0 fully saturated rings. The fourth-order valence-corrected chi connectivity index (χ4v) is 2.57. The second-order valence-corrected chi connectivity index (χ2v) is 5.69. The van der Waals surface area contributed by atoms with Crippen molar-refractivity contribution in [1.82, 2.24) is 0 Å². The highest BCUT2D eigenvalue weighted by atomic mass is 16.2. The molecule has 0 aromatic heterocycles. The normalized spacial score (nSPS) is 10.7. The highest BCUT2D eigenvalue weighted by Crippen LogP contribution is 2.23. The van der Waals surface area contributed by atoms with Crippen LogP contribution in [0.2, 0.25) is 0 Å². The van der Waals surface area contributed by atoms with Crippen LogP contribution in [0.3, 0.4) is 0 Å². The molecule has 2 heteroatoms. The van der Waals surface area contributed by atoms with Gasteiger partial charge in [0, 0.05) is 18.3 Å². The van der Waals surface area contributed by atoms with Crippen molar-refractivity contribution >= 4 is 22.4 Å². The average Bonchev–Trinajstić information content (AvgIpc) is 2.55. The van der Waals surface area contributed by atoms with E-state index in [4.69, 9.17) is 0 Å². The third-order valence-corrected chi connectivity index (χ3v) is 4.18. The summed E-state index contributed by atoms with van der Waals surface area (Å²) in [7, 11) is 1.82. The first-order chi connectivity index (χ1) is 10.6. The van der Waals surface area contributed by atoms with Crippen molar-refractivity contribution in [2.24, 2.45) is 0 Å². The van der Waals surface area contributed by atoms with Crippen LogP contribution in [-0.4, -0.2) is 13.0 Å². The predicted octanol–water partition coefficient (Wildman–Crippen LogP) is 4.73. The summed E-state index contributed by atoms with van der Waals surface area (Å²) in [5, 5.41) is 2.32. The van der Waals surface area contributed by atoms with E-state index in [1.165, 1.54) is 10.9 Å². The van der Waals surface area contributed by atoms with Crippen LogP contribution in [0.4, 0.5) is 5.69 Å². The molecule has 0 N–H and O–H groups in total. The minimum atomic E-state index is 0.0124. The van der Waals surface area contributed by atoms with E-state index in [-0.39, 0.29) is 5.91 Å². The maximum Gasteiger partial charge on any atom is 0.258 e. The smallest absolute Gasteiger partial charge is 0.258 e. The molecule has 0 heterocycles. The Kier molecular flexibility index (Phi) is 3.68. The van der Waals surface area contributed by atoms with Crippen LogP contribution in [0.15, 0.2) is 60.7 Å². The number of hydrogen-bond donors (Lipinski definition) is 0. The van der Waals surface area contributed by atoms with Crippen LogP contribution >= 0.6 is 0 Å². The maximum atomic E-state index is 12.7. The Bertz CT molecular complexity index is 851. The van der Waals surface area contributed by atoms with E-state index < -0.39 is 0 Å². The van der Waals surface area contributed by atoms with Crippen LogP contribution in [0.25, 0.3) is 10.8 Å². The molecule has 3 aromatic rings. The van der Waals surface area contributed by atoms with E-state index >= 15 is 0 Å². The van der Waals surface area contributed by atoms with Gasteiger partial charge in [0.15, 0.2) is 0 Å². The SMILES string of the molecule is Cc1ccc(C(=O)N(C)c2ccc3ccccc3c2)cc1C. The zero-order chi connectivity index (χ0) is 15.7. The van der Waals surface area contributed by atoms with Crippen LogP contribution in [-0.2, 0) is 0 Å². The molecule has 3 rings (SSSR count). The molecule has 22 heavy (non-hydrogen) atoms. The second kappa shape index (κ2) is 5.64. The van der Waals surface area contributed by atoms with Gasteiger partial charge in [-0.15, -0.1) is 0 Å². The van der Waals surface area contributed by atoms with Gasteiger partial charge >= 0.3 is 0 Å². The van der Waals surface area contributed by atoms with E-state index in [2.05, 4.69) is 25.1 Å². The molecule has 0 bridgehead atoms. The van der Waals surface area contributed by atoms with E-state index in [0.717, 1.165) is 22.2 Å². The highest BCUT2D eigenvalue weighted by molar-refractivity contribution is 6.06. The predicted molar refractivity (Wildman–Crippen MR) is 92.6 cm³/mol. The van der Waals surface area contributed by atoms with Gasteiger partial charge in [0.1, 0.15) is 0 Å². The first-order valence-corrected chi connectivity index (χ1v) is 7.40. The third kappa shape index (κ3) is 2.60. The molecule has 0 atom stereocenters. The molecule has 0 aliphatic carbocycles. The zero-order valence-electron chi connectivity index (χ0n) is 13.1. The van der Waals surface area contributed by atoms with Gasteiger partial charge in [-0.25, -0.2) is 0 Å². The molecular weight excluding hydrogens is 270 g/mol. The van der Waals surface area contributed by atoms with E-state index in [9.17, 15) is 4.79 Å². The lowest BCUT2D eigenvalue weighted by atomic mass is 10.0. The standard InChI is InChI=1S/C20H19NO/c1-14-8-9-18(12-15(14)2)20(22)21(3)19-11-10-16-6-4-5-7-17(16)13-19/h4-13H,1-3H3.